The number of unbranched alkanes of at least 4 members (excludes halogenated alkanes) is 1. The summed E-state index contributed by atoms with van der Waals surface area (Å²) in [5, 5.41) is 20.1. The number of carboxylic acids is 1. The molecule has 18 N–H and O–H groups in total. The van der Waals surface area contributed by atoms with Crippen molar-refractivity contribution in [1.29, 1.82) is 0 Å². The van der Waals surface area contributed by atoms with Gasteiger partial charge in [-0.1, -0.05) is 13.8 Å². The van der Waals surface area contributed by atoms with Crippen LogP contribution < -0.4 is 55.7 Å². The number of aromatic nitrogens is 2. The molecule has 0 bridgehead atoms. The number of hydrogen-bond donors (Lipinski definition) is 12. The van der Waals surface area contributed by atoms with Crippen molar-refractivity contribution in [2.75, 3.05) is 19.6 Å². The summed E-state index contributed by atoms with van der Waals surface area (Å²) in [4.78, 5) is 79.9. The van der Waals surface area contributed by atoms with Gasteiger partial charge in [0.2, 0.25) is 23.6 Å². The third-order valence-electron chi connectivity index (χ3n) is 7.30. The van der Waals surface area contributed by atoms with E-state index >= 15 is 0 Å². The molecular formula is C29H54N14O6. The Morgan fingerprint density at radius 3 is 1.73 bits per heavy atom. The van der Waals surface area contributed by atoms with Crippen molar-refractivity contribution >= 4 is 41.5 Å². The van der Waals surface area contributed by atoms with Gasteiger partial charge in [-0.3, -0.25) is 29.2 Å². The average Bonchev–Trinajstić information content (AvgIpc) is 3.54. The maximum atomic E-state index is 13.7. The van der Waals surface area contributed by atoms with Crippen LogP contribution in [0.3, 0.4) is 0 Å². The van der Waals surface area contributed by atoms with Gasteiger partial charge in [0, 0.05) is 31.4 Å². The quantitative estimate of drug-likeness (QED) is 0.0281. The lowest BCUT2D eigenvalue weighted by Gasteiger charge is -2.27. The molecular weight excluding hydrogens is 640 g/mol. The minimum Gasteiger partial charge on any atom is -0.480 e. The van der Waals surface area contributed by atoms with Crippen LogP contribution in [0.25, 0.3) is 0 Å². The number of nitrogens with zero attached hydrogens (tertiary/aromatic N) is 3. The van der Waals surface area contributed by atoms with Gasteiger partial charge in [-0.2, -0.15) is 0 Å². The number of nitrogens with two attached hydrogens (primary N) is 6. The second-order valence-corrected chi connectivity index (χ2v) is 11.8. The molecule has 0 unspecified atom stereocenters. The standard InChI is InChI=1S/C29H54N14O6/c1-16(2)22(43-23(44)18(31)13-17-14-36-15-39-17)26(47)41-20(9-6-12-38-29(34)35)24(45)40-19(8-5-11-37-28(32)33)25(46)42-21(27(48)49)7-3-4-10-30/h14-16,18-22H,3-13,30-31H2,1-2H3,(H,36,39)(H,40,45)(H,41,47)(H,42,46)(H,43,44)(H,48,49)(H4,32,33,37)(H4,34,35,38)/t18-,19-,20-,21-,22-/m0/s1. The molecule has 49 heavy (non-hydrogen) atoms. The molecule has 0 aliphatic carbocycles. The molecule has 0 saturated carbocycles. The smallest absolute Gasteiger partial charge is 0.326 e. The lowest BCUT2D eigenvalue weighted by Crippen LogP contribution is -2.59. The van der Waals surface area contributed by atoms with Gasteiger partial charge < -0.3 is 65.8 Å². The maximum Gasteiger partial charge on any atom is 0.326 e. The molecule has 1 aromatic rings. The van der Waals surface area contributed by atoms with Crippen LogP contribution >= 0.6 is 0 Å². The molecule has 4 amide bonds. The number of rotatable bonds is 24. The average molecular weight is 695 g/mol. The number of carbonyl (C=O) groups is 5. The monoisotopic (exact) mass is 694 g/mol. The summed E-state index contributed by atoms with van der Waals surface area (Å²) < 4.78 is 0. The third-order valence-corrected chi connectivity index (χ3v) is 7.30. The zero-order valence-electron chi connectivity index (χ0n) is 28.2. The lowest BCUT2D eigenvalue weighted by atomic mass is 10.0. The Morgan fingerprint density at radius 2 is 1.29 bits per heavy atom. The minimum atomic E-state index is -1.24. The van der Waals surface area contributed by atoms with Crippen molar-refractivity contribution < 1.29 is 29.1 Å². The van der Waals surface area contributed by atoms with Crippen LogP contribution in [0.4, 0.5) is 0 Å². The van der Waals surface area contributed by atoms with Crippen molar-refractivity contribution in [2.24, 2.45) is 50.3 Å². The van der Waals surface area contributed by atoms with Gasteiger partial charge in [0.25, 0.3) is 0 Å². The van der Waals surface area contributed by atoms with Crippen molar-refractivity contribution in [1.82, 2.24) is 31.2 Å². The first-order valence-electron chi connectivity index (χ1n) is 16.1. The normalized spacial score (nSPS) is 14.0. The molecule has 0 spiro atoms. The molecule has 0 radical (unpaired) electrons. The Hall–Kier alpha value is -4.98. The van der Waals surface area contributed by atoms with Gasteiger partial charge in [0.15, 0.2) is 11.9 Å². The molecule has 5 atom stereocenters. The number of guanidine groups is 2. The number of amides is 4. The number of H-pyrrole nitrogens is 1. The van der Waals surface area contributed by atoms with E-state index in [1.165, 1.54) is 12.5 Å². The van der Waals surface area contributed by atoms with Gasteiger partial charge in [0.05, 0.1) is 12.4 Å². The molecule has 276 valence electrons. The molecule has 0 saturated heterocycles. The fourth-order valence-electron chi connectivity index (χ4n) is 4.62. The SMILES string of the molecule is CC(C)[C@H](NC(=O)[C@@H](N)Cc1cnc[nH]1)C(=O)N[C@@H](CCCN=C(N)N)C(=O)N[C@@H](CCCN=C(N)N)C(=O)N[C@@H](CCCCN)C(=O)O. The summed E-state index contributed by atoms with van der Waals surface area (Å²) in [6.07, 6.45) is 4.88. The Morgan fingerprint density at radius 1 is 0.776 bits per heavy atom. The predicted octanol–water partition coefficient (Wildman–Crippen LogP) is -3.80. The van der Waals surface area contributed by atoms with Crippen LogP contribution in [0.2, 0.25) is 0 Å². The van der Waals surface area contributed by atoms with Crippen LogP contribution in [0.15, 0.2) is 22.5 Å². The number of imidazole rings is 1. The molecule has 0 fully saturated rings. The van der Waals surface area contributed by atoms with Crippen LogP contribution in [0, 0.1) is 5.92 Å². The largest absolute Gasteiger partial charge is 0.480 e. The van der Waals surface area contributed by atoms with Gasteiger partial charge in [-0.05, 0) is 57.4 Å². The summed E-state index contributed by atoms with van der Waals surface area (Å²) in [5.41, 5.74) is 33.8. The van der Waals surface area contributed by atoms with E-state index in [0.29, 0.717) is 25.1 Å². The van der Waals surface area contributed by atoms with Crippen molar-refractivity contribution in [3.63, 3.8) is 0 Å². The first-order chi connectivity index (χ1) is 23.2. The molecule has 0 aromatic carbocycles. The highest BCUT2D eigenvalue weighted by molar-refractivity contribution is 5.95. The van der Waals surface area contributed by atoms with E-state index in [1.807, 2.05) is 0 Å². The molecule has 0 aliphatic rings. The van der Waals surface area contributed by atoms with Crippen molar-refractivity contribution in [3.8, 4) is 0 Å². The van der Waals surface area contributed by atoms with Crippen molar-refractivity contribution in [2.45, 2.75) is 95.4 Å². The first-order valence-corrected chi connectivity index (χ1v) is 16.1. The summed E-state index contributed by atoms with van der Waals surface area (Å²) in [6, 6.07) is -5.70. The second kappa shape index (κ2) is 22.6. The van der Waals surface area contributed by atoms with Gasteiger partial charge in [0.1, 0.15) is 24.2 Å². The lowest BCUT2D eigenvalue weighted by molar-refractivity contribution is -0.142. The van der Waals surface area contributed by atoms with E-state index in [9.17, 15) is 29.1 Å². The highest BCUT2D eigenvalue weighted by Crippen LogP contribution is 2.09. The number of aromatic amines is 1. The molecule has 1 rings (SSSR count). The second-order valence-electron chi connectivity index (χ2n) is 11.8. The van der Waals surface area contributed by atoms with E-state index < -0.39 is 65.7 Å². The summed E-state index contributed by atoms with van der Waals surface area (Å²) in [5.74, 6) is -4.71. The highest BCUT2D eigenvalue weighted by Gasteiger charge is 2.32. The number of aliphatic carboxylic acids is 1. The van der Waals surface area contributed by atoms with Crippen LogP contribution in [0.5, 0.6) is 0 Å². The number of carbonyl (C=O) groups excluding carboxylic acids is 4. The van der Waals surface area contributed by atoms with E-state index in [2.05, 4.69) is 41.2 Å². The van der Waals surface area contributed by atoms with Crippen LogP contribution in [-0.4, -0.2) is 106 Å². The van der Waals surface area contributed by atoms with E-state index in [1.54, 1.807) is 13.8 Å². The molecule has 1 heterocycles. The van der Waals surface area contributed by atoms with Crippen LogP contribution in [-0.2, 0) is 30.4 Å². The highest BCUT2D eigenvalue weighted by atomic mass is 16.4. The van der Waals surface area contributed by atoms with E-state index in [4.69, 9.17) is 34.4 Å². The summed E-state index contributed by atoms with van der Waals surface area (Å²) >= 11 is 0. The summed E-state index contributed by atoms with van der Waals surface area (Å²) in [6.45, 7) is 4.06. The zero-order chi connectivity index (χ0) is 36.9. The Balaban J connectivity index is 3.20. The number of hydrogen-bond acceptors (Lipinski definition) is 10. The zero-order valence-corrected chi connectivity index (χ0v) is 28.2. The van der Waals surface area contributed by atoms with E-state index in [-0.39, 0.29) is 63.5 Å². The maximum absolute atomic E-state index is 13.7. The predicted molar refractivity (Wildman–Crippen MR) is 183 cm³/mol. The molecule has 1 aromatic heterocycles. The summed E-state index contributed by atoms with van der Waals surface area (Å²) in [7, 11) is 0. The Kier molecular flexibility index (Phi) is 19.4. The number of nitrogens with one attached hydrogen (secondary N) is 5. The number of aliphatic imine (C=N–C) groups is 2. The molecule has 0 aliphatic heterocycles. The van der Waals surface area contributed by atoms with Crippen molar-refractivity contribution in [3.05, 3.63) is 18.2 Å². The molecule has 20 nitrogen and oxygen atoms in total. The molecule has 20 heteroatoms. The third kappa shape index (κ3) is 17.1. The van der Waals surface area contributed by atoms with E-state index in [0.717, 1.165) is 0 Å². The number of carboxylic acid groups (broad SMARTS) is 1. The fraction of sp³-hybridized carbons (Fsp3) is 0.655. The van der Waals surface area contributed by atoms with Gasteiger partial charge in [-0.15, -0.1) is 0 Å². The fourth-order valence-corrected chi connectivity index (χ4v) is 4.62. The Labute approximate surface area is 285 Å². The first kappa shape index (κ1) is 42.0. The topological polar surface area (TPSA) is 363 Å². The Bertz CT molecular complexity index is 1250. The van der Waals surface area contributed by atoms with Gasteiger partial charge >= 0.3 is 5.97 Å². The van der Waals surface area contributed by atoms with Crippen LogP contribution in [0.1, 0.15) is 64.5 Å². The van der Waals surface area contributed by atoms with Gasteiger partial charge in [-0.25, -0.2) is 9.78 Å². The minimum absolute atomic E-state index is 0.0387.